The molecule has 11 heteroatoms. The van der Waals surface area contributed by atoms with E-state index < -0.39 is 59.6 Å². The minimum atomic E-state index is -2.98. The summed E-state index contributed by atoms with van der Waals surface area (Å²) in [6, 6.07) is -2.90. The molecule has 9 nitrogen and oxygen atoms in total. The van der Waals surface area contributed by atoms with Crippen molar-refractivity contribution in [3.8, 4) is 0 Å². The van der Waals surface area contributed by atoms with E-state index in [0.717, 1.165) is 26.2 Å². The number of nitrogens with one attached hydrogen (secondary N) is 3. The number of carbonyl (C=O) groups is 4. The van der Waals surface area contributed by atoms with E-state index in [9.17, 15) is 28.0 Å². The summed E-state index contributed by atoms with van der Waals surface area (Å²) < 4.78 is 31.7. The van der Waals surface area contributed by atoms with Crippen molar-refractivity contribution in [2.45, 2.75) is 90.3 Å². The lowest BCUT2D eigenvalue weighted by Gasteiger charge is -2.39. The standard InChI is InChI=1S/C24H40F2N4O5/c1-22(2,3)18(29-21(34)35-6)20(33)30-14-24(9-7-10-24)12-16(30)19(32)28-15(17(31)13-27-5)8-11-23(4,25)26/h15-16,18,27H,7-14H2,1-6H3,(H,28,32)(H,29,34)/t15-,16?,18+/m0/s1. The van der Waals surface area contributed by atoms with Crippen molar-refractivity contribution in [3.63, 3.8) is 0 Å². The molecule has 2 rings (SSSR count). The number of hydrogen-bond donors (Lipinski definition) is 3. The fraction of sp³-hybridized carbons (Fsp3) is 0.833. The van der Waals surface area contributed by atoms with Crippen LogP contribution < -0.4 is 16.0 Å². The number of Topliss-reactive ketones (excluding diaryl/α,β-unsaturated/α-hetero) is 1. The number of ketones is 1. The highest BCUT2D eigenvalue weighted by Gasteiger charge is 2.53. The van der Waals surface area contributed by atoms with Gasteiger partial charge in [-0.05, 0) is 50.5 Å². The maximum atomic E-state index is 13.7. The number of hydrogen-bond acceptors (Lipinski definition) is 6. The average molecular weight is 503 g/mol. The van der Waals surface area contributed by atoms with E-state index in [0.29, 0.717) is 13.0 Å². The quantitative estimate of drug-likeness (QED) is 0.422. The van der Waals surface area contributed by atoms with Crippen molar-refractivity contribution in [2.24, 2.45) is 10.8 Å². The lowest BCUT2D eigenvalue weighted by atomic mass is 9.67. The molecule has 3 amide bonds. The molecule has 1 heterocycles. The molecule has 35 heavy (non-hydrogen) atoms. The summed E-state index contributed by atoms with van der Waals surface area (Å²) in [6.45, 7) is 6.45. The van der Waals surface area contributed by atoms with Gasteiger partial charge in [0.1, 0.15) is 12.1 Å². The van der Waals surface area contributed by atoms with E-state index in [4.69, 9.17) is 0 Å². The van der Waals surface area contributed by atoms with Gasteiger partial charge >= 0.3 is 6.09 Å². The summed E-state index contributed by atoms with van der Waals surface area (Å²) >= 11 is 0. The SMILES string of the molecule is CNCC(=O)[C@H](CCC(C)(F)F)NC(=O)C1CC2(CCC2)CN1C(=O)[C@@H](NC(=O)OC)C(C)(C)C. The van der Waals surface area contributed by atoms with Crippen molar-refractivity contribution < 1.29 is 32.7 Å². The zero-order valence-electron chi connectivity index (χ0n) is 21.6. The number of alkyl carbamates (subject to hydrolysis) is 1. The zero-order valence-corrected chi connectivity index (χ0v) is 21.6. The van der Waals surface area contributed by atoms with E-state index in [1.54, 1.807) is 27.8 Å². The molecule has 1 aliphatic heterocycles. The predicted octanol–water partition coefficient (Wildman–Crippen LogP) is 2.24. The fourth-order valence-electron chi connectivity index (χ4n) is 4.83. The van der Waals surface area contributed by atoms with Crippen molar-refractivity contribution >= 4 is 23.7 Å². The number of ether oxygens (including phenoxy) is 1. The van der Waals surface area contributed by atoms with Gasteiger partial charge in [0.2, 0.25) is 17.7 Å². The average Bonchev–Trinajstić information content (AvgIpc) is 3.15. The van der Waals surface area contributed by atoms with Gasteiger partial charge in [0, 0.05) is 13.0 Å². The van der Waals surface area contributed by atoms with Crippen LogP contribution in [0, 0.1) is 10.8 Å². The molecule has 1 saturated heterocycles. The van der Waals surface area contributed by atoms with Crippen LogP contribution >= 0.6 is 0 Å². The number of amides is 3. The first-order chi connectivity index (χ1) is 16.1. The largest absolute Gasteiger partial charge is 0.453 e. The summed E-state index contributed by atoms with van der Waals surface area (Å²) in [5.41, 5.74) is -0.855. The van der Waals surface area contributed by atoms with Gasteiger partial charge in [-0.15, -0.1) is 0 Å². The maximum Gasteiger partial charge on any atom is 0.407 e. The molecule has 1 saturated carbocycles. The smallest absolute Gasteiger partial charge is 0.407 e. The summed E-state index contributed by atoms with van der Waals surface area (Å²) in [4.78, 5) is 53.0. The molecule has 0 radical (unpaired) electrons. The normalized spacial score (nSPS) is 21.1. The number of methoxy groups -OCH3 is 1. The summed E-state index contributed by atoms with van der Waals surface area (Å²) in [6.07, 6.45) is 1.64. The highest BCUT2D eigenvalue weighted by molar-refractivity contribution is 5.95. The minimum absolute atomic E-state index is 0.0768. The molecule has 0 bridgehead atoms. The summed E-state index contributed by atoms with van der Waals surface area (Å²) in [5.74, 6) is -4.33. The molecule has 3 N–H and O–H groups in total. The van der Waals surface area contributed by atoms with Gasteiger partial charge in [0.25, 0.3) is 0 Å². The predicted molar refractivity (Wildman–Crippen MR) is 126 cm³/mol. The number of halogens is 2. The van der Waals surface area contributed by atoms with E-state index >= 15 is 0 Å². The topological polar surface area (TPSA) is 117 Å². The Hall–Kier alpha value is -2.30. The third-order valence-corrected chi connectivity index (χ3v) is 7.00. The Morgan fingerprint density at radius 1 is 1.11 bits per heavy atom. The van der Waals surface area contributed by atoms with Crippen LogP contribution in [0.3, 0.4) is 0 Å². The number of carbonyl (C=O) groups excluding carboxylic acids is 4. The number of likely N-dealkylation sites (tertiary alicyclic amines) is 1. The molecule has 0 aromatic carbocycles. The van der Waals surface area contributed by atoms with Crippen molar-refractivity contribution in [2.75, 3.05) is 27.2 Å². The third-order valence-electron chi connectivity index (χ3n) is 7.00. The van der Waals surface area contributed by atoms with E-state index in [-0.39, 0.29) is 18.4 Å². The van der Waals surface area contributed by atoms with Crippen LogP contribution in [0.1, 0.15) is 66.2 Å². The second-order valence-corrected chi connectivity index (χ2v) is 11.1. The lowest BCUT2D eigenvalue weighted by molar-refractivity contribution is -0.142. The first-order valence-corrected chi connectivity index (χ1v) is 12.1. The van der Waals surface area contributed by atoms with Gasteiger partial charge in [-0.3, -0.25) is 14.4 Å². The van der Waals surface area contributed by atoms with Crippen LogP contribution in [0.4, 0.5) is 13.6 Å². The Morgan fingerprint density at radius 3 is 2.20 bits per heavy atom. The Labute approximate surface area is 206 Å². The third kappa shape index (κ3) is 7.59. The minimum Gasteiger partial charge on any atom is -0.453 e. The first kappa shape index (κ1) is 28.9. The van der Waals surface area contributed by atoms with Gasteiger partial charge in [-0.2, -0.15) is 0 Å². The number of rotatable bonds is 10. The van der Waals surface area contributed by atoms with Crippen LogP contribution in [-0.2, 0) is 19.1 Å². The first-order valence-electron chi connectivity index (χ1n) is 12.1. The van der Waals surface area contributed by atoms with E-state index in [1.807, 2.05) is 0 Å². The Bertz CT molecular complexity index is 805. The molecule has 2 fully saturated rings. The molecule has 1 aliphatic carbocycles. The zero-order chi connectivity index (χ0) is 26.6. The maximum absolute atomic E-state index is 13.7. The van der Waals surface area contributed by atoms with Gasteiger partial charge in [0.15, 0.2) is 5.78 Å². The van der Waals surface area contributed by atoms with Crippen LogP contribution in [-0.4, -0.2) is 79.9 Å². The van der Waals surface area contributed by atoms with Crippen LogP contribution in [0.2, 0.25) is 0 Å². The lowest BCUT2D eigenvalue weighted by Crippen LogP contribution is -2.58. The monoisotopic (exact) mass is 502 g/mol. The second-order valence-electron chi connectivity index (χ2n) is 11.1. The van der Waals surface area contributed by atoms with E-state index in [1.165, 1.54) is 12.0 Å². The Morgan fingerprint density at radius 2 is 1.74 bits per heavy atom. The molecule has 1 spiro atoms. The summed E-state index contributed by atoms with van der Waals surface area (Å²) in [7, 11) is 2.76. The summed E-state index contributed by atoms with van der Waals surface area (Å²) in [5, 5.41) is 7.93. The molecule has 1 unspecified atom stereocenters. The second kappa shape index (κ2) is 11.2. The van der Waals surface area contributed by atoms with Crippen molar-refractivity contribution in [1.29, 1.82) is 0 Å². The van der Waals surface area contributed by atoms with Gasteiger partial charge in [0.05, 0.1) is 19.7 Å². The fourth-order valence-corrected chi connectivity index (χ4v) is 4.83. The Kier molecular flexibility index (Phi) is 9.24. The van der Waals surface area contributed by atoms with Crippen LogP contribution in [0.25, 0.3) is 0 Å². The highest BCUT2D eigenvalue weighted by atomic mass is 19.3. The number of alkyl halides is 2. The number of likely N-dealkylation sites (N-methyl/N-ethyl adjacent to an activating group) is 1. The molecule has 3 atom stereocenters. The van der Waals surface area contributed by atoms with Crippen LogP contribution in [0.15, 0.2) is 0 Å². The van der Waals surface area contributed by atoms with Crippen molar-refractivity contribution in [3.05, 3.63) is 0 Å². The van der Waals surface area contributed by atoms with Gasteiger partial charge in [-0.25, -0.2) is 13.6 Å². The highest BCUT2D eigenvalue weighted by Crippen LogP contribution is 2.50. The molecule has 0 aromatic heterocycles. The van der Waals surface area contributed by atoms with Crippen molar-refractivity contribution in [1.82, 2.24) is 20.9 Å². The molecular weight excluding hydrogens is 462 g/mol. The molecule has 200 valence electrons. The van der Waals surface area contributed by atoms with Gasteiger partial charge < -0.3 is 25.6 Å². The molecular formula is C24H40F2N4O5. The number of nitrogens with zero attached hydrogens (tertiary/aromatic N) is 1. The van der Waals surface area contributed by atoms with E-state index in [2.05, 4.69) is 20.7 Å². The van der Waals surface area contributed by atoms with Gasteiger partial charge in [-0.1, -0.05) is 27.2 Å². The Balaban J connectivity index is 2.28. The van der Waals surface area contributed by atoms with Crippen LogP contribution in [0.5, 0.6) is 0 Å². The molecule has 2 aliphatic rings. The molecule has 0 aromatic rings.